The van der Waals surface area contributed by atoms with Crippen molar-refractivity contribution in [3.8, 4) is 5.75 Å². The van der Waals surface area contributed by atoms with E-state index in [4.69, 9.17) is 4.74 Å². The number of nitrogens with one attached hydrogen (secondary N) is 2. The molecule has 0 fully saturated rings. The lowest BCUT2D eigenvalue weighted by Crippen LogP contribution is -3.08. The molecular formula is C19H25N2O2+. The van der Waals surface area contributed by atoms with Crippen LogP contribution in [0.5, 0.6) is 5.75 Å². The first-order valence-corrected chi connectivity index (χ1v) is 7.80. The number of anilines is 1. The number of ether oxygens (including phenoxy) is 1. The largest absolute Gasteiger partial charge is 0.496 e. The quantitative estimate of drug-likeness (QED) is 0.856. The molecule has 0 saturated carbocycles. The second-order valence-electron chi connectivity index (χ2n) is 5.97. The van der Waals surface area contributed by atoms with E-state index in [0.29, 0.717) is 6.54 Å². The van der Waals surface area contributed by atoms with Gasteiger partial charge in [-0.1, -0.05) is 18.2 Å². The van der Waals surface area contributed by atoms with E-state index in [2.05, 4.69) is 12.2 Å². The third-order valence-corrected chi connectivity index (χ3v) is 3.94. The standard InChI is InChI=1S/C19H24N2O2/c1-14-9-10-17(11-15(14)2)20-19(22)13-21(3)12-16-7-5-6-8-18(16)23-4/h5-11H,12-13H2,1-4H3,(H,20,22)/p+1. The van der Waals surface area contributed by atoms with Crippen LogP contribution in [0.3, 0.4) is 0 Å². The van der Waals surface area contributed by atoms with Gasteiger partial charge in [0, 0.05) is 11.3 Å². The molecule has 4 heteroatoms. The number of likely N-dealkylation sites (N-methyl/N-ethyl adjacent to an activating group) is 1. The lowest BCUT2D eigenvalue weighted by atomic mass is 10.1. The maximum atomic E-state index is 12.2. The molecular weight excluding hydrogens is 288 g/mol. The maximum Gasteiger partial charge on any atom is 0.279 e. The second kappa shape index (κ2) is 7.79. The SMILES string of the molecule is COc1ccccc1C[NH+](C)CC(=O)Nc1ccc(C)c(C)c1. The molecule has 0 aliphatic rings. The van der Waals surface area contributed by atoms with Gasteiger partial charge < -0.3 is 15.0 Å². The first-order chi connectivity index (χ1) is 11.0. The number of quaternary nitrogens is 1. The highest BCUT2D eigenvalue weighted by atomic mass is 16.5. The van der Waals surface area contributed by atoms with E-state index in [0.717, 1.165) is 28.4 Å². The summed E-state index contributed by atoms with van der Waals surface area (Å²) >= 11 is 0. The van der Waals surface area contributed by atoms with E-state index < -0.39 is 0 Å². The smallest absolute Gasteiger partial charge is 0.279 e. The van der Waals surface area contributed by atoms with Crippen LogP contribution in [-0.2, 0) is 11.3 Å². The number of amides is 1. The molecule has 0 aliphatic heterocycles. The van der Waals surface area contributed by atoms with Gasteiger partial charge in [-0.05, 0) is 49.2 Å². The van der Waals surface area contributed by atoms with E-state index in [-0.39, 0.29) is 5.91 Å². The van der Waals surface area contributed by atoms with Gasteiger partial charge in [-0.25, -0.2) is 0 Å². The normalized spacial score (nSPS) is 11.8. The Morgan fingerprint density at radius 2 is 1.87 bits per heavy atom. The van der Waals surface area contributed by atoms with Crippen LogP contribution in [-0.4, -0.2) is 26.6 Å². The van der Waals surface area contributed by atoms with Crippen molar-refractivity contribution in [3.63, 3.8) is 0 Å². The van der Waals surface area contributed by atoms with Gasteiger partial charge in [0.15, 0.2) is 6.54 Å². The topological polar surface area (TPSA) is 42.8 Å². The molecule has 2 rings (SSSR count). The van der Waals surface area contributed by atoms with Gasteiger partial charge in [0.25, 0.3) is 5.91 Å². The fourth-order valence-electron chi connectivity index (χ4n) is 2.54. The minimum Gasteiger partial charge on any atom is -0.496 e. The van der Waals surface area contributed by atoms with Crippen molar-refractivity contribution in [3.05, 3.63) is 59.2 Å². The van der Waals surface area contributed by atoms with Crippen LogP contribution in [0.1, 0.15) is 16.7 Å². The summed E-state index contributed by atoms with van der Waals surface area (Å²) in [6, 6.07) is 13.9. The van der Waals surface area contributed by atoms with E-state index in [1.54, 1.807) is 7.11 Å². The molecule has 2 aromatic carbocycles. The molecule has 122 valence electrons. The zero-order valence-electron chi connectivity index (χ0n) is 14.3. The fourth-order valence-corrected chi connectivity index (χ4v) is 2.54. The van der Waals surface area contributed by atoms with Crippen molar-refractivity contribution in [2.45, 2.75) is 20.4 Å². The van der Waals surface area contributed by atoms with Crippen molar-refractivity contribution in [2.24, 2.45) is 0 Å². The third kappa shape index (κ3) is 4.83. The van der Waals surface area contributed by atoms with Crippen LogP contribution >= 0.6 is 0 Å². The Bertz CT molecular complexity index is 683. The van der Waals surface area contributed by atoms with Crippen molar-refractivity contribution in [2.75, 3.05) is 26.0 Å². The molecule has 2 aromatic rings. The summed E-state index contributed by atoms with van der Waals surface area (Å²) < 4.78 is 5.36. The highest BCUT2D eigenvalue weighted by Crippen LogP contribution is 2.16. The van der Waals surface area contributed by atoms with E-state index in [9.17, 15) is 4.79 Å². The molecule has 1 unspecified atom stereocenters. The molecule has 23 heavy (non-hydrogen) atoms. The fraction of sp³-hybridized carbons (Fsp3) is 0.316. The number of carbonyl (C=O) groups excluding carboxylic acids is 1. The molecule has 0 saturated heterocycles. The Balaban J connectivity index is 1.93. The van der Waals surface area contributed by atoms with Crippen molar-refractivity contribution in [1.29, 1.82) is 0 Å². The maximum absolute atomic E-state index is 12.2. The summed E-state index contributed by atoms with van der Waals surface area (Å²) in [5, 5.41) is 2.96. The van der Waals surface area contributed by atoms with Gasteiger partial charge >= 0.3 is 0 Å². The summed E-state index contributed by atoms with van der Waals surface area (Å²) in [6.07, 6.45) is 0. The predicted molar refractivity (Wildman–Crippen MR) is 93.0 cm³/mol. The summed E-state index contributed by atoms with van der Waals surface area (Å²) in [5.41, 5.74) is 4.36. The van der Waals surface area contributed by atoms with Crippen molar-refractivity contribution >= 4 is 11.6 Å². The molecule has 0 aromatic heterocycles. The Hall–Kier alpha value is -2.33. The second-order valence-corrected chi connectivity index (χ2v) is 5.97. The van der Waals surface area contributed by atoms with Crippen LogP contribution in [0.15, 0.2) is 42.5 Å². The lowest BCUT2D eigenvalue weighted by molar-refractivity contribution is -0.885. The molecule has 0 aliphatic carbocycles. The Morgan fingerprint density at radius 1 is 1.13 bits per heavy atom. The van der Waals surface area contributed by atoms with Gasteiger partial charge in [-0.3, -0.25) is 4.79 Å². The zero-order chi connectivity index (χ0) is 16.8. The van der Waals surface area contributed by atoms with E-state index >= 15 is 0 Å². The predicted octanol–water partition coefficient (Wildman–Crippen LogP) is 1.97. The lowest BCUT2D eigenvalue weighted by Gasteiger charge is -2.16. The molecule has 0 bridgehead atoms. The summed E-state index contributed by atoms with van der Waals surface area (Å²) in [6.45, 7) is 5.26. The molecule has 0 radical (unpaired) electrons. The summed E-state index contributed by atoms with van der Waals surface area (Å²) in [4.78, 5) is 13.3. The number of benzene rings is 2. The summed E-state index contributed by atoms with van der Waals surface area (Å²) in [5.74, 6) is 0.877. The highest BCUT2D eigenvalue weighted by molar-refractivity contribution is 5.91. The molecule has 1 atom stereocenters. The highest BCUT2D eigenvalue weighted by Gasteiger charge is 2.13. The summed E-state index contributed by atoms with van der Waals surface area (Å²) in [7, 11) is 3.67. The van der Waals surface area contributed by atoms with E-state index in [1.807, 2.05) is 56.4 Å². The number of methoxy groups -OCH3 is 1. The van der Waals surface area contributed by atoms with Crippen LogP contribution in [0.25, 0.3) is 0 Å². The Labute approximate surface area is 138 Å². The van der Waals surface area contributed by atoms with Crippen LogP contribution < -0.4 is 15.0 Å². The van der Waals surface area contributed by atoms with Crippen molar-refractivity contribution < 1.29 is 14.4 Å². The Kier molecular flexibility index (Phi) is 5.77. The van der Waals surface area contributed by atoms with Gasteiger partial charge in [-0.15, -0.1) is 0 Å². The molecule has 4 nitrogen and oxygen atoms in total. The van der Waals surface area contributed by atoms with Gasteiger partial charge in [0.05, 0.1) is 14.2 Å². The number of rotatable bonds is 6. The average Bonchev–Trinajstić information content (AvgIpc) is 2.51. The van der Waals surface area contributed by atoms with E-state index in [1.165, 1.54) is 11.1 Å². The van der Waals surface area contributed by atoms with Crippen LogP contribution in [0.2, 0.25) is 0 Å². The number of carbonyl (C=O) groups is 1. The van der Waals surface area contributed by atoms with Crippen LogP contribution in [0.4, 0.5) is 5.69 Å². The minimum atomic E-state index is 0.0145. The van der Waals surface area contributed by atoms with Crippen molar-refractivity contribution in [1.82, 2.24) is 0 Å². The number of para-hydroxylation sites is 1. The number of aryl methyl sites for hydroxylation is 2. The monoisotopic (exact) mass is 313 g/mol. The Morgan fingerprint density at radius 3 is 2.57 bits per heavy atom. The molecule has 2 N–H and O–H groups in total. The first kappa shape index (κ1) is 17.0. The number of hydrogen-bond acceptors (Lipinski definition) is 2. The molecule has 0 heterocycles. The zero-order valence-corrected chi connectivity index (χ0v) is 14.3. The molecule has 0 spiro atoms. The van der Waals surface area contributed by atoms with Gasteiger partial charge in [0.1, 0.15) is 12.3 Å². The first-order valence-electron chi connectivity index (χ1n) is 7.80. The minimum absolute atomic E-state index is 0.0145. The third-order valence-electron chi connectivity index (χ3n) is 3.94. The number of hydrogen-bond donors (Lipinski definition) is 2. The van der Waals surface area contributed by atoms with Gasteiger partial charge in [0.2, 0.25) is 0 Å². The van der Waals surface area contributed by atoms with Gasteiger partial charge in [-0.2, -0.15) is 0 Å². The molecule has 1 amide bonds. The van der Waals surface area contributed by atoms with Crippen LogP contribution in [0, 0.1) is 13.8 Å². The average molecular weight is 313 g/mol.